The molecule has 1 amide bonds. The molecule has 2 heterocycles. The molecule has 2 aromatic heterocycles. The van der Waals surface area contributed by atoms with Gasteiger partial charge in [-0.3, -0.25) is 9.78 Å². The number of aromatic nitrogens is 3. The van der Waals surface area contributed by atoms with Gasteiger partial charge in [0.2, 0.25) is 17.6 Å². The van der Waals surface area contributed by atoms with Crippen molar-refractivity contribution in [2.75, 3.05) is 0 Å². The molecule has 0 aliphatic rings. The van der Waals surface area contributed by atoms with Crippen LogP contribution in [0.3, 0.4) is 0 Å². The molecule has 7 heteroatoms. The summed E-state index contributed by atoms with van der Waals surface area (Å²) < 4.78 is 5.40. The summed E-state index contributed by atoms with van der Waals surface area (Å²) in [5.74, 6) is 0.639. The molecule has 0 fully saturated rings. The first-order valence-electron chi connectivity index (χ1n) is 8.93. The molecule has 1 N–H and O–H groups in total. The lowest BCUT2D eigenvalue weighted by Crippen LogP contribution is -2.30. The van der Waals surface area contributed by atoms with E-state index in [4.69, 9.17) is 16.1 Å². The van der Waals surface area contributed by atoms with Gasteiger partial charge < -0.3 is 9.84 Å². The average Bonchev–Trinajstić information content (AvgIpc) is 3.17. The second kappa shape index (κ2) is 8.80. The molecule has 0 saturated carbocycles. The van der Waals surface area contributed by atoms with Crippen LogP contribution in [0.2, 0.25) is 5.02 Å². The lowest BCUT2D eigenvalue weighted by molar-refractivity contribution is -0.117. The molecule has 1 unspecified atom stereocenters. The first kappa shape index (κ1) is 19.8. The van der Waals surface area contributed by atoms with Crippen molar-refractivity contribution in [3.05, 3.63) is 70.8 Å². The molecule has 28 heavy (non-hydrogen) atoms. The maximum Gasteiger partial charge on any atom is 0.249 e. The van der Waals surface area contributed by atoms with Gasteiger partial charge in [0.05, 0.1) is 0 Å². The Morgan fingerprint density at radius 3 is 2.64 bits per heavy atom. The van der Waals surface area contributed by atoms with Crippen molar-refractivity contribution < 1.29 is 9.32 Å². The minimum absolute atomic E-state index is 0.0666. The van der Waals surface area contributed by atoms with Gasteiger partial charge in [-0.15, -0.1) is 0 Å². The van der Waals surface area contributed by atoms with Gasteiger partial charge in [0.15, 0.2) is 0 Å². The van der Waals surface area contributed by atoms with Gasteiger partial charge in [-0.05, 0) is 48.2 Å². The van der Waals surface area contributed by atoms with Crippen LogP contribution in [0, 0.1) is 12.8 Å². The topological polar surface area (TPSA) is 80.9 Å². The molecule has 3 aromatic rings. The van der Waals surface area contributed by atoms with E-state index >= 15 is 0 Å². The summed E-state index contributed by atoms with van der Waals surface area (Å²) in [6, 6.07) is 8.83. The van der Waals surface area contributed by atoms with E-state index in [2.05, 4.69) is 20.4 Å². The maximum absolute atomic E-state index is 12.4. The molecular formula is C21H21ClN4O2. The van der Waals surface area contributed by atoms with Crippen LogP contribution in [0.4, 0.5) is 0 Å². The predicted octanol–water partition coefficient (Wildman–Crippen LogP) is 4.62. The summed E-state index contributed by atoms with van der Waals surface area (Å²) >= 11 is 6.12. The van der Waals surface area contributed by atoms with E-state index in [-0.39, 0.29) is 11.8 Å². The first-order chi connectivity index (χ1) is 13.4. The van der Waals surface area contributed by atoms with E-state index in [0.29, 0.717) is 16.7 Å². The minimum Gasteiger partial charge on any atom is -0.340 e. The van der Waals surface area contributed by atoms with E-state index in [1.165, 1.54) is 6.08 Å². The number of carbonyl (C=O) groups is 1. The van der Waals surface area contributed by atoms with Crippen molar-refractivity contribution in [3.63, 3.8) is 0 Å². The highest BCUT2D eigenvalue weighted by Crippen LogP contribution is 2.23. The Bertz CT molecular complexity index is 983. The molecule has 0 spiro atoms. The Kier molecular flexibility index (Phi) is 6.21. The molecule has 0 radical (unpaired) electrons. The van der Waals surface area contributed by atoms with E-state index in [9.17, 15) is 4.79 Å². The number of pyridine rings is 1. The Morgan fingerprint density at radius 2 is 1.96 bits per heavy atom. The van der Waals surface area contributed by atoms with Crippen molar-refractivity contribution >= 4 is 23.6 Å². The maximum atomic E-state index is 12.4. The molecule has 0 bridgehead atoms. The second-order valence-electron chi connectivity index (χ2n) is 6.76. The van der Waals surface area contributed by atoms with Gasteiger partial charge in [0.1, 0.15) is 6.04 Å². The van der Waals surface area contributed by atoms with Crippen LogP contribution >= 0.6 is 11.6 Å². The van der Waals surface area contributed by atoms with Crippen molar-refractivity contribution in [1.29, 1.82) is 0 Å². The van der Waals surface area contributed by atoms with Crippen LogP contribution in [-0.4, -0.2) is 21.0 Å². The number of hydrogen-bond acceptors (Lipinski definition) is 5. The van der Waals surface area contributed by atoms with Crippen LogP contribution < -0.4 is 5.32 Å². The Hall–Kier alpha value is -2.99. The largest absolute Gasteiger partial charge is 0.340 e. The number of aryl methyl sites for hydroxylation is 1. The normalized spacial score (nSPS) is 12.5. The van der Waals surface area contributed by atoms with Crippen LogP contribution in [0.25, 0.3) is 17.5 Å². The Balaban J connectivity index is 1.72. The molecule has 0 aliphatic heterocycles. The third kappa shape index (κ3) is 4.84. The summed E-state index contributed by atoms with van der Waals surface area (Å²) in [4.78, 5) is 20.8. The fourth-order valence-electron chi connectivity index (χ4n) is 2.58. The fourth-order valence-corrected chi connectivity index (χ4v) is 2.77. The van der Waals surface area contributed by atoms with E-state index < -0.39 is 6.04 Å². The quantitative estimate of drug-likeness (QED) is 0.615. The predicted molar refractivity (Wildman–Crippen MR) is 108 cm³/mol. The molecule has 0 saturated heterocycles. The van der Waals surface area contributed by atoms with Gasteiger partial charge in [-0.1, -0.05) is 42.7 Å². The first-order valence-corrected chi connectivity index (χ1v) is 9.30. The van der Waals surface area contributed by atoms with Crippen molar-refractivity contribution in [2.24, 2.45) is 5.92 Å². The molecule has 6 nitrogen and oxygen atoms in total. The van der Waals surface area contributed by atoms with Crippen LogP contribution in [0.15, 0.2) is 53.3 Å². The smallest absolute Gasteiger partial charge is 0.249 e. The SMILES string of the molecule is Cc1ccc(/C=C/C(=O)NC(c2nc(-c3ccncc3)no2)C(C)C)cc1Cl. The van der Waals surface area contributed by atoms with Crippen molar-refractivity contribution in [1.82, 2.24) is 20.4 Å². The van der Waals surface area contributed by atoms with Gasteiger partial charge >= 0.3 is 0 Å². The summed E-state index contributed by atoms with van der Waals surface area (Å²) in [6.45, 7) is 5.88. The number of hydrogen-bond donors (Lipinski definition) is 1. The van der Waals surface area contributed by atoms with E-state index in [1.54, 1.807) is 30.6 Å². The zero-order valence-corrected chi connectivity index (χ0v) is 16.6. The second-order valence-corrected chi connectivity index (χ2v) is 7.17. The number of nitrogens with one attached hydrogen (secondary N) is 1. The van der Waals surface area contributed by atoms with E-state index in [0.717, 1.165) is 16.7 Å². The molecular weight excluding hydrogens is 376 g/mol. The van der Waals surface area contributed by atoms with Gasteiger partial charge in [0.25, 0.3) is 0 Å². The standard InChI is InChI=1S/C21H21ClN4O2/c1-13(2)19(21-25-20(26-28-21)16-8-10-23-11-9-16)24-18(27)7-6-15-5-4-14(3)17(22)12-15/h4-13,19H,1-3H3,(H,24,27)/b7-6+. The van der Waals surface area contributed by atoms with Gasteiger partial charge in [-0.2, -0.15) is 4.98 Å². The number of carbonyl (C=O) groups excluding carboxylic acids is 1. The molecule has 3 rings (SSSR count). The number of nitrogens with zero attached hydrogens (tertiary/aromatic N) is 3. The third-order valence-corrected chi connectivity index (χ3v) is 4.64. The highest BCUT2D eigenvalue weighted by atomic mass is 35.5. The van der Waals surface area contributed by atoms with Crippen molar-refractivity contribution in [3.8, 4) is 11.4 Å². The zero-order chi connectivity index (χ0) is 20.1. The number of amides is 1. The summed E-state index contributed by atoms with van der Waals surface area (Å²) in [6.07, 6.45) is 6.51. The Morgan fingerprint density at radius 1 is 1.21 bits per heavy atom. The fraction of sp³-hybridized carbons (Fsp3) is 0.238. The highest BCUT2D eigenvalue weighted by Gasteiger charge is 2.24. The number of halogens is 1. The minimum atomic E-state index is -0.401. The molecule has 1 atom stereocenters. The van der Waals surface area contributed by atoms with E-state index in [1.807, 2.05) is 39.0 Å². The van der Waals surface area contributed by atoms with Crippen LogP contribution in [-0.2, 0) is 4.79 Å². The van der Waals surface area contributed by atoms with Crippen LogP contribution in [0.1, 0.15) is 36.9 Å². The average molecular weight is 397 g/mol. The molecule has 144 valence electrons. The monoisotopic (exact) mass is 396 g/mol. The lowest BCUT2D eigenvalue weighted by atomic mass is 10.0. The summed E-state index contributed by atoms with van der Waals surface area (Å²) in [5.41, 5.74) is 2.64. The Labute approximate surface area is 168 Å². The van der Waals surface area contributed by atoms with Gasteiger partial charge in [0, 0.05) is 29.1 Å². The summed E-state index contributed by atoms with van der Waals surface area (Å²) in [5, 5.41) is 7.60. The number of rotatable bonds is 6. The number of benzene rings is 1. The summed E-state index contributed by atoms with van der Waals surface area (Å²) in [7, 11) is 0. The van der Waals surface area contributed by atoms with Crippen LogP contribution in [0.5, 0.6) is 0 Å². The third-order valence-electron chi connectivity index (χ3n) is 4.23. The highest BCUT2D eigenvalue weighted by molar-refractivity contribution is 6.31. The van der Waals surface area contributed by atoms with Crippen molar-refractivity contribution in [2.45, 2.75) is 26.8 Å². The van der Waals surface area contributed by atoms with Gasteiger partial charge in [-0.25, -0.2) is 0 Å². The zero-order valence-electron chi connectivity index (χ0n) is 15.9. The molecule has 0 aliphatic carbocycles. The lowest BCUT2D eigenvalue weighted by Gasteiger charge is -2.17. The molecule has 1 aromatic carbocycles.